The zero-order valence-electron chi connectivity index (χ0n) is 18.0. The van der Waals surface area contributed by atoms with Gasteiger partial charge in [-0.05, 0) is 67.8 Å². The summed E-state index contributed by atoms with van der Waals surface area (Å²) < 4.78 is 28.1. The molecule has 3 aromatic rings. The predicted octanol–water partition coefficient (Wildman–Crippen LogP) is 4.61. The van der Waals surface area contributed by atoms with E-state index in [-0.39, 0.29) is 4.90 Å². The number of nitrogens with one attached hydrogen (secondary N) is 1. The molecule has 0 aliphatic heterocycles. The van der Waals surface area contributed by atoms with Gasteiger partial charge in [0.05, 0.1) is 16.8 Å². The maximum Gasteiger partial charge on any atom is 0.264 e. The van der Waals surface area contributed by atoms with Crippen LogP contribution in [0.1, 0.15) is 22.3 Å². The van der Waals surface area contributed by atoms with Crippen LogP contribution < -0.4 is 9.73 Å². The molecule has 0 saturated heterocycles. The number of rotatable bonds is 7. The van der Waals surface area contributed by atoms with Gasteiger partial charge >= 0.3 is 0 Å². The molecule has 8 heteroatoms. The molecule has 166 valence electrons. The van der Waals surface area contributed by atoms with E-state index in [1.165, 1.54) is 18.3 Å². The molecule has 3 aromatic carbocycles. The summed E-state index contributed by atoms with van der Waals surface area (Å²) in [4.78, 5) is 12.8. The second-order valence-corrected chi connectivity index (χ2v) is 9.76. The average molecular weight is 470 g/mol. The van der Waals surface area contributed by atoms with Gasteiger partial charge in [0.2, 0.25) is 0 Å². The summed E-state index contributed by atoms with van der Waals surface area (Å²) in [5.74, 6) is -0.570. The molecular weight excluding hydrogens is 446 g/mol. The molecule has 0 bridgehead atoms. The van der Waals surface area contributed by atoms with E-state index in [0.29, 0.717) is 16.3 Å². The van der Waals surface area contributed by atoms with Gasteiger partial charge in [-0.15, -0.1) is 0 Å². The first-order valence-electron chi connectivity index (χ1n) is 9.91. The third-order valence-corrected chi connectivity index (χ3v) is 6.79. The minimum Gasteiger partial charge on any atom is -0.271 e. The summed E-state index contributed by atoms with van der Waals surface area (Å²) in [6.07, 6.45) is 1.44. The molecule has 0 aliphatic carbocycles. The third kappa shape index (κ3) is 5.75. The number of hydrazone groups is 1. The molecule has 0 saturated carbocycles. The van der Waals surface area contributed by atoms with Crippen LogP contribution in [0.3, 0.4) is 0 Å². The second kappa shape index (κ2) is 9.97. The minimum absolute atomic E-state index is 0.110. The first-order valence-corrected chi connectivity index (χ1v) is 11.7. The second-order valence-electron chi connectivity index (χ2n) is 7.46. The molecule has 32 heavy (non-hydrogen) atoms. The number of aryl methyl sites for hydroxylation is 3. The lowest BCUT2D eigenvalue weighted by Crippen LogP contribution is -2.40. The number of benzene rings is 3. The highest BCUT2D eigenvalue weighted by Gasteiger charge is 2.28. The van der Waals surface area contributed by atoms with E-state index in [1.807, 2.05) is 32.9 Å². The molecule has 1 N–H and O–H groups in total. The fourth-order valence-corrected chi connectivity index (χ4v) is 4.73. The van der Waals surface area contributed by atoms with Crippen molar-refractivity contribution >= 4 is 39.4 Å². The number of carbonyl (C=O) groups is 1. The maximum absolute atomic E-state index is 13.5. The van der Waals surface area contributed by atoms with Gasteiger partial charge < -0.3 is 0 Å². The van der Waals surface area contributed by atoms with Crippen LogP contribution in [0.4, 0.5) is 5.69 Å². The van der Waals surface area contributed by atoms with E-state index in [2.05, 4.69) is 10.5 Å². The first kappa shape index (κ1) is 23.5. The maximum atomic E-state index is 13.5. The quantitative estimate of drug-likeness (QED) is 0.405. The molecular formula is C24H24ClN3O3S. The zero-order chi connectivity index (χ0) is 23.3. The number of carbonyl (C=O) groups excluding carboxylic acids is 1. The number of anilines is 1. The third-order valence-electron chi connectivity index (χ3n) is 4.78. The Morgan fingerprint density at radius 2 is 1.69 bits per heavy atom. The number of halogens is 1. The molecule has 0 aliphatic rings. The summed E-state index contributed by atoms with van der Waals surface area (Å²) in [5, 5.41) is 4.48. The van der Waals surface area contributed by atoms with Gasteiger partial charge in [0.25, 0.3) is 15.9 Å². The fourth-order valence-electron chi connectivity index (χ4n) is 3.06. The highest BCUT2D eigenvalue weighted by molar-refractivity contribution is 7.92. The molecule has 0 unspecified atom stereocenters. The lowest BCUT2D eigenvalue weighted by Gasteiger charge is -2.25. The predicted molar refractivity (Wildman–Crippen MR) is 129 cm³/mol. The Balaban J connectivity index is 1.89. The smallest absolute Gasteiger partial charge is 0.264 e. The molecule has 0 aromatic heterocycles. The largest absolute Gasteiger partial charge is 0.271 e. The zero-order valence-corrected chi connectivity index (χ0v) is 19.6. The minimum atomic E-state index is -3.98. The van der Waals surface area contributed by atoms with Crippen molar-refractivity contribution in [2.45, 2.75) is 25.7 Å². The van der Waals surface area contributed by atoms with Crippen molar-refractivity contribution in [3.8, 4) is 0 Å². The van der Waals surface area contributed by atoms with Crippen molar-refractivity contribution in [3.63, 3.8) is 0 Å². The molecule has 0 heterocycles. The van der Waals surface area contributed by atoms with E-state index in [1.54, 1.807) is 42.5 Å². The van der Waals surface area contributed by atoms with E-state index >= 15 is 0 Å². The molecule has 0 atom stereocenters. The Morgan fingerprint density at radius 3 is 2.38 bits per heavy atom. The summed E-state index contributed by atoms with van der Waals surface area (Å²) in [6.45, 7) is 5.13. The first-order chi connectivity index (χ1) is 15.2. The Bertz CT molecular complexity index is 1260. The normalized spacial score (nSPS) is 11.5. The Morgan fingerprint density at radius 1 is 1.00 bits per heavy atom. The number of hydrogen-bond donors (Lipinski definition) is 1. The summed E-state index contributed by atoms with van der Waals surface area (Å²) in [7, 11) is -3.98. The van der Waals surface area contributed by atoms with Crippen molar-refractivity contribution in [1.82, 2.24) is 5.43 Å². The van der Waals surface area contributed by atoms with E-state index in [4.69, 9.17) is 11.6 Å². The SMILES string of the molecule is Cc1ccc(S(=O)(=O)N(CC(=O)N/N=C\c2cccc(Cl)c2)c2cc(C)ccc2C)cc1. The van der Waals surface area contributed by atoms with Crippen LogP contribution in [-0.2, 0) is 14.8 Å². The van der Waals surface area contributed by atoms with Crippen molar-refractivity contribution in [2.75, 3.05) is 10.8 Å². The van der Waals surface area contributed by atoms with Gasteiger partial charge in [0.15, 0.2) is 0 Å². The summed E-state index contributed by atoms with van der Waals surface area (Å²) in [6, 6.07) is 19.0. The van der Waals surface area contributed by atoms with Gasteiger partial charge in [-0.2, -0.15) is 5.10 Å². The molecule has 0 radical (unpaired) electrons. The van der Waals surface area contributed by atoms with Gasteiger partial charge in [-0.1, -0.05) is 53.6 Å². The van der Waals surface area contributed by atoms with Crippen molar-refractivity contribution < 1.29 is 13.2 Å². The number of nitrogens with zero attached hydrogens (tertiary/aromatic N) is 2. The Kier molecular flexibility index (Phi) is 7.33. The van der Waals surface area contributed by atoms with Crippen LogP contribution >= 0.6 is 11.6 Å². The van der Waals surface area contributed by atoms with Crippen LogP contribution in [0, 0.1) is 20.8 Å². The van der Waals surface area contributed by atoms with Gasteiger partial charge in [-0.25, -0.2) is 13.8 Å². The van der Waals surface area contributed by atoms with Crippen LogP contribution in [0.15, 0.2) is 76.7 Å². The highest BCUT2D eigenvalue weighted by Crippen LogP contribution is 2.28. The fraction of sp³-hybridized carbons (Fsp3) is 0.167. The summed E-state index contributed by atoms with van der Waals surface area (Å²) >= 11 is 5.95. The summed E-state index contributed by atoms with van der Waals surface area (Å²) in [5.41, 5.74) is 6.11. The van der Waals surface area contributed by atoms with E-state index in [9.17, 15) is 13.2 Å². The van der Waals surface area contributed by atoms with E-state index in [0.717, 1.165) is 21.0 Å². The molecule has 0 spiro atoms. The van der Waals surface area contributed by atoms with Crippen LogP contribution in [-0.4, -0.2) is 27.1 Å². The monoisotopic (exact) mass is 469 g/mol. The lowest BCUT2D eigenvalue weighted by atomic mass is 10.1. The van der Waals surface area contributed by atoms with Gasteiger partial charge in [-0.3, -0.25) is 9.10 Å². The Labute approximate surface area is 193 Å². The van der Waals surface area contributed by atoms with Crippen molar-refractivity contribution in [1.29, 1.82) is 0 Å². The van der Waals surface area contributed by atoms with E-state index < -0.39 is 22.5 Å². The van der Waals surface area contributed by atoms with Gasteiger partial charge in [0, 0.05) is 5.02 Å². The number of sulfonamides is 1. The van der Waals surface area contributed by atoms with Crippen LogP contribution in [0.25, 0.3) is 0 Å². The Hall–Kier alpha value is -3.16. The molecule has 6 nitrogen and oxygen atoms in total. The topological polar surface area (TPSA) is 78.8 Å². The van der Waals surface area contributed by atoms with Crippen molar-refractivity contribution in [3.05, 3.63) is 94.0 Å². The van der Waals surface area contributed by atoms with Crippen LogP contribution in [0.2, 0.25) is 5.02 Å². The van der Waals surface area contributed by atoms with Gasteiger partial charge in [0.1, 0.15) is 6.54 Å². The number of amides is 1. The highest BCUT2D eigenvalue weighted by atomic mass is 35.5. The van der Waals surface area contributed by atoms with Crippen LogP contribution in [0.5, 0.6) is 0 Å². The number of hydrogen-bond acceptors (Lipinski definition) is 4. The molecule has 0 fully saturated rings. The standard InChI is InChI=1S/C24H24ClN3O3S/c1-17-8-11-22(12-9-17)32(30,31)28(23-13-18(2)7-10-19(23)3)16-24(29)27-26-15-20-5-4-6-21(25)14-20/h4-15H,16H2,1-3H3,(H,27,29)/b26-15-. The molecule has 1 amide bonds. The lowest BCUT2D eigenvalue weighted by molar-refractivity contribution is -0.119. The average Bonchev–Trinajstić information content (AvgIpc) is 2.74. The molecule has 3 rings (SSSR count). The van der Waals surface area contributed by atoms with Crippen molar-refractivity contribution in [2.24, 2.45) is 5.10 Å².